The average Bonchev–Trinajstić information content (AvgIpc) is 2.89. The number of anilines is 1. The highest BCUT2D eigenvalue weighted by Crippen LogP contribution is 2.25. The van der Waals surface area contributed by atoms with Gasteiger partial charge in [-0.25, -0.2) is 9.97 Å². The quantitative estimate of drug-likeness (QED) is 0.590. The normalized spacial score (nSPS) is 15.5. The lowest BCUT2D eigenvalue weighted by molar-refractivity contribution is 0.112. The van der Waals surface area contributed by atoms with Crippen LogP contribution in [0.5, 0.6) is 0 Å². The van der Waals surface area contributed by atoms with Crippen molar-refractivity contribution in [3.05, 3.63) is 17.0 Å². The third kappa shape index (κ3) is 1.95. The van der Waals surface area contributed by atoms with E-state index in [4.69, 9.17) is 11.6 Å². The molecule has 1 saturated carbocycles. The van der Waals surface area contributed by atoms with E-state index in [0.29, 0.717) is 17.4 Å². The lowest BCUT2D eigenvalue weighted by atomic mass is 10.3. The fourth-order valence-corrected chi connectivity index (χ4v) is 1.13. The Kier molecular flexibility index (Phi) is 2.14. The van der Waals surface area contributed by atoms with Gasteiger partial charge in [0.25, 0.3) is 0 Å². The Balaban J connectivity index is 2.27. The number of carbonyl (C=O) groups is 1. The number of aldehydes is 1. The van der Waals surface area contributed by atoms with Crippen molar-refractivity contribution in [1.29, 1.82) is 0 Å². The van der Waals surface area contributed by atoms with E-state index < -0.39 is 0 Å². The van der Waals surface area contributed by atoms with Crippen LogP contribution >= 0.6 is 11.6 Å². The molecule has 13 heavy (non-hydrogen) atoms. The predicted molar refractivity (Wildman–Crippen MR) is 49.1 cm³/mol. The minimum absolute atomic E-state index is 0.161. The predicted octanol–water partition coefficient (Wildman–Crippen LogP) is 1.52. The Hall–Kier alpha value is -1.16. The Labute approximate surface area is 80.3 Å². The van der Waals surface area contributed by atoms with Gasteiger partial charge in [-0.1, -0.05) is 0 Å². The zero-order chi connectivity index (χ0) is 9.26. The summed E-state index contributed by atoms with van der Waals surface area (Å²) in [6.45, 7) is 0. The summed E-state index contributed by atoms with van der Waals surface area (Å²) in [5, 5.41) is 3.27. The lowest BCUT2D eigenvalue weighted by Crippen LogP contribution is -2.06. The molecule has 0 atom stereocenters. The first-order chi connectivity index (χ1) is 6.29. The van der Waals surface area contributed by atoms with Crippen molar-refractivity contribution in [2.75, 3.05) is 5.32 Å². The number of nitrogens with zero attached hydrogens (tertiary/aromatic N) is 2. The van der Waals surface area contributed by atoms with Gasteiger partial charge in [0.2, 0.25) is 5.28 Å². The van der Waals surface area contributed by atoms with Crippen LogP contribution in [-0.2, 0) is 0 Å². The van der Waals surface area contributed by atoms with Crippen molar-refractivity contribution in [1.82, 2.24) is 9.97 Å². The van der Waals surface area contributed by atoms with Gasteiger partial charge >= 0.3 is 0 Å². The van der Waals surface area contributed by atoms with Crippen LogP contribution in [0.25, 0.3) is 0 Å². The summed E-state index contributed by atoms with van der Waals surface area (Å²) in [4.78, 5) is 18.2. The second kappa shape index (κ2) is 3.30. The third-order valence-electron chi connectivity index (χ3n) is 1.83. The van der Waals surface area contributed by atoms with Gasteiger partial charge in [0.1, 0.15) is 5.82 Å². The van der Waals surface area contributed by atoms with E-state index >= 15 is 0 Å². The highest BCUT2D eigenvalue weighted by Gasteiger charge is 2.22. The van der Waals surface area contributed by atoms with Gasteiger partial charge in [0.05, 0.1) is 5.56 Å². The van der Waals surface area contributed by atoms with Crippen LogP contribution in [0.4, 0.5) is 5.82 Å². The van der Waals surface area contributed by atoms with Crippen LogP contribution in [0.15, 0.2) is 6.20 Å². The second-order valence-electron chi connectivity index (χ2n) is 2.98. The fourth-order valence-electron chi connectivity index (χ4n) is 0.992. The van der Waals surface area contributed by atoms with Crippen LogP contribution in [0.3, 0.4) is 0 Å². The van der Waals surface area contributed by atoms with Crippen LogP contribution in [0.1, 0.15) is 23.2 Å². The molecule has 0 amide bonds. The largest absolute Gasteiger partial charge is 0.367 e. The number of halogens is 1. The van der Waals surface area contributed by atoms with E-state index in [1.807, 2.05) is 0 Å². The first kappa shape index (κ1) is 8.44. The Morgan fingerprint density at radius 1 is 1.62 bits per heavy atom. The summed E-state index contributed by atoms with van der Waals surface area (Å²) in [5.74, 6) is 0.539. The number of hydrogen-bond donors (Lipinski definition) is 1. The topological polar surface area (TPSA) is 54.9 Å². The van der Waals surface area contributed by atoms with Crippen molar-refractivity contribution in [2.24, 2.45) is 0 Å². The Morgan fingerprint density at radius 2 is 2.38 bits per heavy atom. The van der Waals surface area contributed by atoms with Crippen LogP contribution < -0.4 is 5.32 Å². The molecule has 0 aliphatic heterocycles. The van der Waals surface area contributed by atoms with E-state index in [0.717, 1.165) is 19.1 Å². The van der Waals surface area contributed by atoms with Crippen molar-refractivity contribution < 1.29 is 4.79 Å². The zero-order valence-corrected chi connectivity index (χ0v) is 7.58. The summed E-state index contributed by atoms with van der Waals surface area (Å²) in [5.41, 5.74) is 0.455. The number of carbonyl (C=O) groups excluding carboxylic acids is 1. The lowest BCUT2D eigenvalue weighted by Gasteiger charge is -2.04. The van der Waals surface area contributed by atoms with Gasteiger partial charge in [-0.15, -0.1) is 0 Å². The summed E-state index contributed by atoms with van der Waals surface area (Å²) in [6, 6.07) is 0.449. The molecular formula is C8H8ClN3O. The molecule has 0 bridgehead atoms. The summed E-state index contributed by atoms with van der Waals surface area (Å²) in [7, 11) is 0. The molecule has 1 aliphatic rings. The number of nitrogens with one attached hydrogen (secondary N) is 1. The zero-order valence-electron chi connectivity index (χ0n) is 6.83. The second-order valence-corrected chi connectivity index (χ2v) is 3.32. The molecule has 1 N–H and O–H groups in total. The van der Waals surface area contributed by atoms with E-state index in [9.17, 15) is 4.79 Å². The highest BCUT2D eigenvalue weighted by atomic mass is 35.5. The maximum absolute atomic E-state index is 10.6. The number of rotatable bonds is 3. The van der Waals surface area contributed by atoms with Gasteiger partial charge in [0.15, 0.2) is 6.29 Å². The molecular weight excluding hydrogens is 190 g/mol. The standard InChI is InChI=1S/C8H8ClN3O/c9-8-10-3-5(4-13)7(12-8)11-6-1-2-6/h3-4,6H,1-2H2,(H,10,11,12). The smallest absolute Gasteiger partial charge is 0.224 e. The molecule has 1 fully saturated rings. The van der Waals surface area contributed by atoms with Gasteiger partial charge in [-0.05, 0) is 24.4 Å². The summed E-state index contributed by atoms with van der Waals surface area (Å²) in [6.07, 6.45) is 4.40. The first-order valence-electron chi connectivity index (χ1n) is 4.04. The van der Waals surface area contributed by atoms with E-state index in [-0.39, 0.29) is 5.28 Å². The minimum atomic E-state index is 0.161. The Bertz CT molecular complexity index is 338. The van der Waals surface area contributed by atoms with Crippen molar-refractivity contribution in [3.63, 3.8) is 0 Å². The maximum atomic E-state index is 10.6. The van der Waals surface area contributed by atoms with Gasteiger partial charge < -0.3 is 5.32 Å². The molecule has 4 nitrogen and oxygen atoms in total. The van der Waals surface area contributed by atoms with Crippen LogP contribution in [-0.4, -0.2) is 22.3 Å². The van der Waals surface area contributed by atoms with Gasteiger partial charge in [0, 0.05) is 12.2 Å². The highest BCUT2D eigenvalue weighted by molar-refractivity contribution is 6.28. The van der Waals surface area contributed by atoms with Gasteiger partial charge in [-0.3, -0.25) is 4.79 Å². The first-order valence-corrected chi connectivity index (χ1v) is 4.41. The molecule has 5 heteroatoms. The number of hydrogen-bond acceptors (Lipinski definition) is 4. The van der Waals surface area contributed by atoms with Crippen molar-refractivity contribution in [2.45, 2.75) is 18.9 Å². The molecule has 0 radical (unpaired) electrons. The minimum Gasteiger partial charge on any atom is -0.367 e. The summed E-state index contributed by atoms with van der Waals surface area (Å²) >= 11 is 5.60. The molecule has 68 valence electrons. The van der Waals surface area contributed by atoms with Crippen molar-refractivity contribution >= 4 is 23.7 Å². The molecule has 0 unspecified atom stereocenters. The monoisotopic (exact) mass is 197 g/mol. The van der Waals surface area contributed by atoms with Crippen LogP contribution in [0, 0.1) is 0 Å². The molecule has 2 rings (SSSR count). The Morgan fingerprint density at radius 3 is 3.00 bits per heavy atom. The van der Waals surface area contributed by atoms with E-state index in [1.54, 1.807) is 0 Å². The van der Waals surface area contributed by atoms with Gasteiger partial charge in [-0.2, -0.15) is 0 Å². The molecule has 1 aliphatic carbocycles. The maximum Gasteiger partial charge on any atom is 0.224 e. The SMILES string of the molecule is O=Cc1cnc(Cl)nc1NC1CC1. The molecule has 1 aromatic heterocycles. The van der Waals surface area contributed by atoms with Crippen molar-refractivity contribution in [3.8, 4) is 0 Å². The van der Waals surface area contributed by atoms with Crippen LogP contribution in [0.2, 0.25) is 5.28 Å². The molecule has 0 saturated heterocycles. The molecule has 1 heterocycles. The molecule has 0 aromatic carbocycles. The van der Waals surface area contributed by atoms with E-state index in [2.05, 4.69) is 15.3 Å². The molecule has 1 aromatic rings. The summed E-state index contributed by atoms with van der Waals surface area (Å²) < 4.78 is 0. The molecule has 0 spiro atoms. The third-order valence-corrected chi connectivity index (χ3v) is 2.01. The number of aromatic nitrogens is 2. The van der Waals surface area contributed by atoms with E-state index in [1.165, 1.54) is 6.20 Å². The fraction of sp³-hybridized carbons (Fsp3) is 0.375. The average molecular weight is 198 g/mol.